The third-order valence-electron chi connectivity index (χ3n) is 4.53. The van der Waals surface area contributed by atoms with Crippen LogP contribution >= 0.6 is 0 Å². The number of imidazole rings is 1. The third-order valence-corrected chi connectivity index (χ3v) is 4.53. The Balaban J connectivity index is 0.000000706. The lowest BCUT2D eigenvalue weighted by Crippen LogP contribution is -2.34. The molecule has 11 nitrogen and oxygen atoms in total. The molecule has 1 atom stereocenters. The molecule has 0 radical (unpaired) electrons. The molecule has 148 valence electrons. The predicted molar refractivity (Wildman–Crippen MR) is 96.4 cm³/mol. The van der Waals surface area contributed by atoms with E-state index in [1.165, 1.54) is 7.11 Å². The van der Waals surface area contributed by atoms with Crippen molar-refractivity contribution in [1.82, 2.24) is 34.8 Å². The number of methoxy groups -OCH3 is 1. The zero-order valence-corrected chi connectivity index (χ0v) is 15.5. The molecule has 3 aromatic heterocycles. The van der Waals surface area contributed by atoms with Gasteiger partial charge in [0, 0.05) is 49.9 Å². The van der Waals surface area contributed by atoms with Gasteiger partial charge in [-0.25, -0.2) is 9.78 Å². The molecule has 0 spiro atoms. The van der Waals surface area contributed by atoms with E-state index < -0.39 is 5.97 Å². The van der Waals surface area contributed by atoms with Crippen molar-refractivity contribution in [2.45, 2.75) is 19.0 Å². The molecular formula is C17H21N7O4. The fourth-order valence-corrected chi connectivity index (χ4v) is 3.35. The average molecular weight is 387 g/mol. The maximum Gasteiger partial charge on any atom is 0.356 e. The van der Waals surface area contributed by atoms with Crippen molar-refractivity contribution in [2.24, 2.45) is 7.05 Å². The van der Waals surface area contributed by atoms with Crippen molar-refractivity contribution < 1.29 is 19.4 Å². The molecule has 4 rings (SSSR count). The van der Waals surface area contributed by atoms with Gasteiger partial charge >= 0.3 is 5.97 Å². The van der Waals surface area contributed by atoms with Crippen LogP contribution in [0.4, 0.5) is 0 Å². The van der Waals surface area contributed by atoms with Crippen molar-refractivity contribution in [3.8, 4) is 0 Å². The number of carbonyl (C=O) groups is 2. The molecule has 3 N–H and O–H groups in total. The Morgan fingerprint density at radius 3 is 2.93 bits per heavy atom. The summed E-state index contributed by atoms with van der Waals surface area (Å²) in [7, 11) is 3.27. The van der Waals surface area contributed by atoms with Crippen LogP contribution in [0.3, 0.4) is 0 Å². The number of H-pyrrole nitrogens is 2. The first-order valence-corrected chi connectivity index (χ1v) is 8.48. The number of carbonyl (C=O) groups excluding carboxylic acids is 1. The first kappa shape index (κ1) is 19.3. The first-order chi connectivity index (χ1) is 13.6. The number of hydrogen-bond donors (Lipinski definition) is 3. The second-order valence-electron chi connectivity index (χ2n) is 6.30. The summed E-state index contributed by atoms with van der Waals surface area (Å²) in [5.41, 5.74) is 4.49. The number of fused-ring (bicyclic) bond motifs is 1. The molecule has 1 unspecified atom stereocenters. The minimum atomic E-state index is -0.407. The highest BCUT2D eigenvalue weighted by atomic mass is 16.5. The lowest BCUT2D eigenvalue weighted by molar-refractivity contribution is -0.122. The molecule has 0 aliphatic carbocycles. The van der Waals surface area contributed by atoms with Gasteiger partial charge in [-0.2, -0.15) is 10.2 Å². The second-order valence-corrected chi connectivity index (χ2v) is 6.30. The molecule has 1 aliphatic rings. The van der Waals surface area contributed by atoms with Crippen molar-refractivity contribution >= 4 is 12.4 Å². The lowest BCUT2D eigenvalue weighted by atomic mass is 9.93. The number of aromatic nitrogens is 6. The molecule has 4 heterocycles. The van der Waals surface area contributed by atoms with Gasteiger partial charge in [0.25, 0.3) is 6.47 Å². The van der Waals surface area contributed by atoms with Crippen LogP contribution in [0.1, 0.15) is 38.9 Å². The van der Waals surface area contributed by atoms with Crippen LogP contribution in [0.2, 0.25) is 0 Å². The molecule has 11 heteroatoms. The Morgan fingerprint density at radius 1 is 1.46 bits per heavy atom. The van der Waals surface area contributed by atoms with Gasteiger partial charge in [0.05, 0.1) is 37.2 Å². The summed E-state index contributed by atoms with van der Waals surface area (Å²) in [6.07, 6.45) is 7.30. The van der Waals surface area contributed by atoms with Gasteiger partial charge in [-0.05, 0) is 0 Å². The van der Waals surface area contributed by atoms with Gasteiger partial charge in [0.15, 0.2) is 0 Å². The number of ether oxygens (including phenoxy) is 1. The van der Waals surface area contributed by atoms with Crippen molar-refractivity contribution in [3.63, 3.8) is 0 Å². The topological polar surface area (TPSA) is 142 Å². The number of aromatic amines is 2. The smallest absolute Gasteiger partial charge is 0.356 e. The molecule has 0 amide bonds. The molecule has 0 fully saturated rings. The highest BCUT2D eigenvalue weighted by Crippen LogP contribution is 2.32. The van der Waals surface area contributed by atoms with E-state index in [1.54, 1.807) is 17.2 Å². The van der Waals surface area contributed by atoms with Crippen LogP contribution in [-0.4, -0.2) is 66.0 Å². The van der Waals surface area contributed by atoms with Crippen molar-refractivity contribution in [3.05, 3.63) is 53.1 Å². The molecule has 3 aromatic rings. The summed E-state index contributed by atoms with van der Waals surface area (Å²) in [4.78, 5) is 30.2. The zero-order chi connectivity index (χ0) is 20.1. The molecule has 0 bridgehead atoms. The Kier molecular flexibility index (Phi) is 5.84. The van der Waals surface area contributed by atoms with Gasteiger partial charge < -0.3 is 14.8 Å². The maximum atomic E-state index is 11.8. The zero-order valence-electron chi connectivity index (χ0n) is 15.5. The monoisotopic (exact) mass is 387 g/mol. The average Bonchev–Trinajstić information content (AvgIpc) is 3.42. The molecule has 0 aromatic carbocycles. The summed E-state index contributed by atoms with van der Waals surface area (Å²) in [6, 6.07) is 0. The van der Waals surface area contributed by atoms with E-state index in [0.717, 1.165) is 35.6 Å². The van der Waals surface area contributed by atoms with Crippen LogP contribution in [0.15, 0.2) is 24.9 Å². The van der Waals surface area contributed by atoms with Gasteiger partial charge in [-0.15, -0.1) is 0 Å². The van der Waals surface area contributed by atoms with Gasteiger partial charge in [-0.1, -0.05) is 0 Å². The van der Waals surface area contributed by atoms with Gasteiger partial charge in [0.1, 0.15) is 5.69 Å². The number of hydrogen-bond acceptors (Lipinski definition) is 7. The molecular weight excluding hydrogens is 366 g/mol. The van der Waals surface area contributed by atoms with Crippen LogP contribution < -0.4 is 0 Å². The minimum Gasteiger partial charge on any atom is -0.483 e. The standard InChI is InChI=1S/C16H19N7O2.CH2O2/c1-22-5-10(4-20-22)12-7-23(8-13-15(12)18-9-17-13)6-11-3-19-21-14(11)16(24)25-2;2-1-3/h3-5,9,12H,6-8H2,1-2H3,(H,17,18)(H,19,21);1H,(H,2,3). The lowest BCUT2D eigenvalue weighted by Gasteiger charge is -2.31. The highest BCUT2D eigenvalue weighted by molar-refractivity contribution is 5.88. The van der Waals surface area contributed by atoms with Crippen LogP contribution in [0.5, 0.6) is 0 Å². The number of nitrogens with one attached hydrogen (secondary N) is 2. The van der Waals surface area contributed by atoms with Crippen molar-refractivity contribution in [2.75, 3.05) is 13.7 Å². The quantitative estimate of drug-likeness (QED) is 0.434. The Bertz CT molecular complexity index is 945. The Morgan fingerprint density at radius 2 is 2.25 bits per heavy atom. The fraction of sp³-hybridized carbons (Fsp3) is 0.353. The second kappa shape index (κ2) is 8.48. The van der Waals surface area contributed by atoms with E-state index in [0.29, 0.717) is 12.2 Å². The summed E-state index contributed by atoms with van der Waals surface area (Å²) >= 11 is 0. The first-order valence-electron chi connectivity index (χ1n) is 8.48. The number of esters is 1. The fourth-order valence-electron chi connectivity index (χ4n) is 3.35. The number of rotatable bonds is 4. The van der Waals surface area contributed by atoms with Crippen LogP contribution in [-0.2, 0) is 29.7 Å². The Hall–Kier alpha value is -3.47. The molecule has 0 saturated heterocycles. The van der Waals surface area contributed by atoms with E-state index in [4.69, 9.17) is 14.6 Å². The summed E-state index contributed by atoms with van der Waals surface area (Å²) in [5, 5.41) is 17.9. The van der Waals surface area contributed by atoms with Crippen LogP contribution in [0, 0.1) is 0 Å². The van der Waals surface area contributed by atoms with Gasteiger partial charge in [-0.3, -0.25) is 19.5 Å². The number of carboxylic acid groups (broad SMARTS) is 1. The largest absolute Gasteiger partial charge is 0.483 e. The SMILES string of the molecule is COC(=O)c1[nH]ncc1CN1Cc2[nH]cnc2C(c2cnn(C)c2)C1.O=CO. The van der Waals surface area contributed by atoms with Crippen LogP contribution in [0.25, 0.3) is 0 Å². The predicted octanol–water partition coefficient (Wildman–Crippen LogP) is 0.501. The summed E-state index contributed by atoms with van der Waals surface area (Å²) in [6.45, 7) is 1.86. The third kappa shape index (κ3) is 3.93. The van der Waals surface area contributed by atoms with Crippen molar-refractivity contribution in [1.29, 1.82) is 0 Å². The number of nitrogens with zero attached hydrogens (tertiary/aromatic N) is 5. The summed E-state index contributed by atoms with van der Waals surface area (Å²) in [5.74, 6) is -0.271. The minimum absolute atomic E-state index is 0.136. The highest BCUT2D eigenvalue weighted by Gasteiger charge is 2.30. The molecule has 1 aliphatic heterocycles. The maximum absolute atomic E-state index is 11.8. The van der Waals surface area contributed by atoms with E-state index in [1.807, 2.05) is 19.4 Å². The summed E-state index contributed by atoms with van der Waals surface area (Å²) < 4.78 is 6.60. The molecule has 28 heavy (non-hydrogen) atoms. The van der Waals surface area contributed by atoms with E-state index in [9.17, 15) is 4.79 Å². The molecule has 0 saturated carbocycles. The van der Waals surface area contributed by atoms with E-state index >= 15 is 0 Å². The Labute approximate surface area is 160 Å². The normalized spacial score (nSPS) is 16.0. The van der Waals surface area contributed by atoms with E-state index in [2.05, 4.69) is 30.2 Å². The van der Waals surface area contributed by atoms with E-state index in [-0.39, 0.29) is 12.4 Å². The number of aryl methyl sites for hydroxylation is 1. The van der Waals surface area contributed by atoms with Gasteiger partial charge in [0.2, 0.25) is 0 Å².